The summed E-state index contributed by atoms with van der Waals surface area (Å²) in [6.07, 6.45) is 1.23. The number of aromatic hydroxyl groups is 1. The number of nitrogens with one attached hydrogen (secondary N) is 1. The van der Waals surface area contributed by atoms with Crippen molar-refractivity contribution in [1.82, 2.24) is 4.57 Å². The SMILES string of the molecule is CCc1cc(=O)c(O)c(CNc2ccc(-c3ccc(OC)cc3)cc2)n1CCCO. The van der Waals surface area contributed by atoms with Crippen LogP contribution in [-0.2, 0) is 19.5 Å². The van der Waals surface area contributed by atoms with Crippen LogP contribution in [-0.4, -0.2) is 28.5 Å². The minimum atomic E-state index is -0.376. The van der Waals surface area contributed by atoms with Gasteiger partial charge < -0.3 is 24.8 Å². The van der Waals surface area contributed by atoms with Crippen LogP contribution in [0.5, 0.6) is 11.5 Å². The number of aliphatic hydroxyl groups is 1. The van der Waals surface area contributed by atoms with Gasteiger partial charge in [-0.2, -0.15) is 0 Å². The third kappa shape index (κ3) is 4.83. The second kappa shape index (κ2) is 9.98. The lowest BCUT2D eigenvalue weighted by Gasteiger charge is -2.20. The average molecular weight is 408 g/mol. The van der Waals surface area contributed by atoms with Crippen LogP contribution in [0.3, 0.4) is 0 Å². The van der Waals surface area contributed by atoms with Crippen molar-refractivity contribution in [2.24, 2.45) is 0 Å². The van der Waals surface area contributed by atoms with Crippen LogP contribution >= 0.6 is 0 Å². The molecule has 6 nitrogen and oxygen atoms in total. The van der Waals surface area contributed by atoms with Gasteiger partial charge in [0, 0.05) is 30.6 Å². The van der Waals surface area contributed by atoms with Gasteiger partial charge in [-0.05, 0) is 48.2 Å². The molecule has 0 aliphatic carbocycles. The van der Waals surface area contributed by atoms with Gasteiger partial charge in [0.1, 0.15) is 5.75 Å². The Morgan fingerprint density at radius 1 is 1.03 bits per heavy atom. The zero-order valence-electron chi connectivity index (χ0n) is 17.4. The Hall–Kier alpha value is -3.25. The van der Waals surface area contributed by atoms with Gasteiger partial charge in [0.2, 0.25) is 5.43 Å². The van der Waals surface area contributed by atoms with Gasteiger partial charge in [0.15, 0.2) is 5.75 Å². The lowest BCUT2D eigenvalue weighted by atomic mass is 10.1. The molecule has 0 bridgehead atoms. The van der Waals surface area contributed by atoms with E-state index in [0.717, 1.165) is 28.3 Å². The molecular formula is C24H28N2O4. The van der Waals surface area contributed by atoms with Crippen molar-refractivity contribution < 1.29 is 14.9 Å². The van der Waals surface area contributed by atoms with E-state index in [2.05, 4.69) is 5.32 Å². The quantitative estimate of drug-likeness (QED) is 0.502. The molecule has 0 amide bonds. The fourth-order valence-electron chi connectivity index (χ4n) is 3.47. The summed E-state index contributed by atoms with van der Waals surface area (Å²) in [7, 11) is 1.65. The van der Waals surface area contributed by atoms with Gasteiger partial charge in [-0.3, -0.25) is 4.79 Å². The second-order valence-electron chi connectivity index (χ2n) is 7.04. The number of aliphatic hydroxyl groups excluding tert-OH is 1. The molecule has 0 saturated heterocycles. The van der Waals surface area contributed by atoms with Crippen molar-refractivity contribution >= 4 is 5.69 Å². The third-order valence-electron chi connectivity index (χ3n) is 5.15. The van der Waals surface area contributed by atoms with E-state index in [9.17, 15) is 15.0 Å². The van der Waals surface area contributed by atoms with Crippen LogP contribution in [0.2, 0.25) is 0 Å². The number of nitrogens with zero attached hydrogens (tertiary/aromatic N) is 1. The van der Waals surface area contributed by atoms with Gasteiger partial charge in [-0.25, -0.2) is 0 Å². The molecule has 2 aromatic carbocycles. The standard InChI is InChI=1S/C24H28N2O4/c1-3-20-15-23(28)24(29)22(26(20)13-4-14-27)16-25-19-9-5-17(6-10-19)18-7-11-21(30-2)12-8-18/h5-12,15,25,27,29H,3-4,13-14,16H2,1-2H3. The van der Waals surface area contributed by atoms with Gasteiger partial charge in [-0.1, -0.05) is 31.2 Å². The summed E-state index contributed by atoms with van der Waals surface area (Å²) < 4.78 is 7.12. The predicted octanol–water partition coefficient (Wildman–Crippen LogP) is 3.79. The molecule has 3 rings (SSSR count). The monoisotopic (exact) mass is 408 g/mol. The lowest BCUT2D eigenvalue weighted by Crippen LogP contribution is -2.20. The van der Waals surface area contributed by atoms with E-state index < -0.39 is 0 Å². The van der Waals surface area contributed by atoms with Crippen molar-refractivity contribution in [3.05, 3.63) is 76.2 Å². The number of aryl methyl sites for hydroxylation is 1. The van der Waals surface area contributed by atoms with E-state index in [1.165, 1.54) is 6.07 Å². The molecule has 0 spiro atoms. The molecule has 0 fully saturated rings. The Morgan fingerprint density at radius 2 is 1.67 bits per heavy atom. The smallest absolute Gasteiger partial charge is 0.223 e. The molecule has 3 N–H and O–H groups in total. The normalized spacial score (nSPS) is 10.8. The highest BCUT2D eigenvalue weighted by Crippen LogP contribution is 2.24. The number of rotatable bonds is 9. The second-order valence-corrected chi connectivity index (χ2v) is 7.04. The van der Waals surface area contributed by atoms with E-state index in [4.69, 9.17) is 4.74 Å². The number of hydrogen-bond donors (Lipinski definition) is 3. The van der Waals surface area contributed by atoms with Crippen molar-refractivity contribution in [3.63, 3.8) is 0 Å². The molecule has 6 heteroatoms. The number of benzene rings is 2. The summed E-state index contributed by atoms with van der Waals surface area (Å²) in [6.45, 7) is 2.87. The van der Waals surface area contributed by atoms with E-state index in [0.29, 0.717) is 31.6 Å². The zero-order chi connectivity index (χ0) is 21.5. The molecule has 30 heavy (non-hydrogen) atoms. The van der Waals surface area contributed by atoms with Crippen molar-refractivity contribution in [1.29, 1.82) is 0 Å². The number of ether oxygens (including phenoxy) is 1. The number of methoxy groups -OCH3 is 1. The number of pyridine rings is 1. The molecule has 0 aliphatic heterocycles. The number of anilines is 1. The lowest BCUT2D eigenvalue weighted by molar-refractivity contribution is 0.277. The maximum absolute atomic E-state index is 12.2. The molecule has 0 unspecified atom stereocenters. The van der Waals surface area contributed by atoms with E-state index in [1.54, 1.807) is 7.11 Å². The minimum absolute atomic E-state index is 0.0513. The van der Waals surface area contributed by atoms with Crippen LogP contribution < -0.4 is 15.5 Å². The van der Waals surface area contributed by atoms with Crippen LogP contribution in [0, 0.1) is 0 Å². The molecule has 0 aliphatic rings. The maximum Gasteiger partial charge on any atom is 0.223 e. The van der Waals surface area contributed by atoms with Crippen LogP contribution in [0.4, 0.5) is 5.69 Å². The van der Waals surface area contributed by atoms with Crippen LogP contribution in [0.15, 0.2) is 59.4 Å². The van der Waals surface area contributed by atoms with Gasteiger partial charge >= 0.3 is 0 Å². The molecule has 0 saturated carbocycles. The summed E-state index contributed by atoms with van der Waals surface area (Å²) in [5, 5.41) is 22.9. The summed E-state index contributed by atoms with van der Waals surface area (Å²) in [6, 6.07) is 17.3. The molecule has 0 radical (unpaired) electrons. The largest absolute Gasteiger partial charge is 0.503 e. The first-order valence-electron chi connectivity index (χ1n) is 10.1. The number of hydrogen-bond acceptors (Lipinski definition) is 5. The molecule has 1 heterocycles. The molecular weight excluding hydrogens is 380 g/mol. The highest BCUT2D eigenvalue weighted by atomic mass is 16.5. The zero-order valence-corrected chi connectivity index (χ0v) is 17.4. The van der Waals surface area contributed by atoms with E-state index in [1.807, 2.05) is 60.0 Å². The molecule has 0 atom stereocenters. The average Bonchev–Trinajstić information content (AvgIpc) is 2.79. The van der Waals surface area contributed by atoms with Crippen LogP contribution in [0.25, 0.3) is 11.1 Å². The highest BCUT2D eigenvalue weighted by molar-refractivity contribution is 5.66. The van der Waals surface area contributed by atoms with Crippen molar-refractivity contribution in [2.45, 2.75) is 32.9 Å². The Balaban J connectivity index is 1.79. The molecule has 1 aromatic heterocycles. The first-order valence-corrected chi connectivity index (χ1v) is 10.1. The first kappa shape index (κ1) is 21.5. The predicted molar refractivity (Wildman–Crippen MR) is 119 cm³/mol. The van der Waals surface area contributed by atoms with Gasteiger partial charge in [0.25, 0.3) is 0 Å². The molecule has 3 aromatic rings. The summed E-state index contributed by atoms with van der Waals surface area (Å²) in [4.78, 5) is 12.2. The van der Waals surface area contributed by atoms with Gasteiger partial charge in [-0.15, -0.1) is 0 Å². The van der Waals surface area contributed by atoms with Crippen molar-refractivity contribution in [2.75, 3.05) is 19.0 Å². The number of aromatic nitrogens is 1. The fraction of sp³-hybridized carbons (Fsp3) is 0.292. The third-order valence-corrected chi connectivity index (χ3v) is 5.15. The Bertz CT molecular complexity index is 1020. The topological polar surface area (TPSA) is 83.7 Å². The Morgan fingerprint density at radius 3 is 2.23 bits per heavy atom. The van der Waals surface area contributed by atoms with E-state index >= 15 is 0 Å². The van der Waals surface area contributed by atoms with Crippen LogP contribution in [0.1, 0.15) is 24.7 Å². The fourth-order valence-corrected chi connectivity index (χ4v) is 3.47. The summed E-state index contributed by atoms with van der Waals surface area (Å²) >= 11 is 0. The summed E-state index contributed by atoms with van der Waals surface area (Å²) in [5.41, 5.74) is 4.06. The Kier molecular flexibility index (Phi) is 7.14. The Labute approximate surface area is 176 Å². The molecule has 158 valence electrons. The highest BCUT2D eigenvalue weighted by Gasteiger charge is 2.14. The minimum Gasteiger partial charge on any atom is -0.503 e. The van der Waals surface area contributed by atoms with Crippen molar-refractivity contribution in [3.8, 4) is 22.6 Å². The van der Waals surface area contributed by atoms with E-state index in [-0.39, 0.29) is 17.8 Å². The summed E-state index contributed by atoms with van der Waals surface area (Å²) in [5.74, 6) is 0.575. The first-order chi connectivity index (χ1) is 14.6. The van der Waals surface area contributed by atoms with Gasteiger partial charge in [0.05, 0.1) is 19.3 Å². The maximum atomic E-state index is 12.2.